The van der Waals surface area contributed by atoms with Gasteiger partial charge in [-0.05, 0) is 55.8 Å². The molecule has 2 unspecified atom stereocenters. The van der Waals surface area contributed by atoms with Gasteiger partial charge in [0.25, 0.3) is 0 Å². The second-order valence-corrected chi connectivity index (χ2v) is 6.58. The van der Waals surface area contributed by atoms with Crippen molar-refractivity contribution in [1.82, 2.24) is 5.32 Å². The number of ether oxygens (including phenoxy) is 1. The van der Waals surface area contributed by atoms with E-state index in [4.69, 9.17) is 4.74 Å². The van der Waals surface area contributed by atoms with Crippen molar-refractivity contribution in [1.29, 1.82) is 0 Å². The first-order chi connectivity index (χ1) is 10.2. The summed E-state index contributed by atoms with van der Waals surface area (Å²) in [4.78, 5) is 0. The highest BCUT2D eigenvalue weighted by Gasteiger charge is 2.24. The highest BCUT2D eigenvalue weighted by Crippen LogP contribution is 2.25. The van der Waals surface area contributed by atoms with Crippen LogP contribution in [0, 0.1) is 0 Å². The van der Waals surface area contributed by atoms with Crippen molar-refractivity contribution in [3.05, 3.63) is 29.8 Å². The maximum absolute atomic E-state index is 6.32. The van der Waals surface area contributed by atoms with Crippen LogP contribution in [0.4, 0.5) is 0 Å². The quantitative estimate of drug-likeness (QED) is 0.753. The largest absolute Gasteiger partial charge is 0.489 e. The smallest absolute Gasteiger partial charge is 0.119 e. The predicted molar refractivity (Wildman–Crippen MR) is 90.1 cm³/mol. The maximum atomic E-state index is 6.32. The second-order valence-electron chi connectivity index (χ2n) is 6.58. The molecule has 1 aliphatic carbocycles. The molecule has 0 saturated heterocycles. The number of benzene rings is 1. The molecular weight excluding hydrogens is 258 g/mol. The van der Waals surface area contributed by atoms with E-state index in [1.165, 1.54) is 44.1 Å². The van der Waals surface area contributed by atoms with E-state index in [0.29, 0.717) is 18.1 Å². The van der Waals surface area contributed by atoms with Gasteiger partial charge in [0.15, 0.2) is 0 Å². The van der Waals surface area contributed by atoms with E-state index < -0.39 is 0 Å². The zero-order valence-electron chi connectivity index (χ0n) is 13.9. The predicted octanol–water partition coefficient (Wildman–Crippen LogP) is 4.89. The van der Waals surface area contributed by atoms with Crippen molar-refractivity contribution in [3.8, 4) is 5.75 Å². The molecule has 1 aliphatic rings. The lowest BCUT2D eigenvalue weighted by Crippen LogP contribution is -2.42. The Morgan fingerprint density at radius 3 is 2.48 bits per heavy atom. The Labute approximate surface area is 130 Å². The molecule has 1 aromatic carbocycles. The summed E-state index contributed by atoms with van der Waals surface area (Å²) in [5.74, 6) is 1.60. The summed E-state index contributed by atoms with van der Waals surface area (Å²) in [5, 5.41) is 3.69. The Kier molecular flexibility index (Phi) is 6.56. The molecule has 0 spiro atoms. The molecule has 2 atom stereocenters. The Morgan fingerprint density at radius 1 is 1.10 bits per heavy atom. The molecule has 0 heterocycles. The van der Waals surface area contributed by atoms with Gasteiger partial charge in [0, 0.05) is 6.04 Å². The van der Waals surface area contributed by atoms with Crippen LogP contribution in [0.25, 0.3) is 0 Å². The summed E-state index contributed by atoms with van der Waals surface area (Å²) in [6.07, 6.45) is 7.89. The third-order valence-electron chi connectivity index (χ3n) is 4.44. The average molecular weight is 289 g/mol. The van der Waals surface area contributed by atoms with E-state index in [1.54, 1.807) is 0 Å². The molecule has 1 saturated carbocycles. The maximum Gasteiger partial charge on any atom is 0.119 e. The van der Waals surface area contributed by atoms with Crippen molar-refractivity contribution in [3.63, 3.8) is 0 Å². The summed E-state index contributed by atoms with van der Waals surface area (Å²) in [6, 6.07) is 9.18. The first kappa shape index (κ1) is 16.4. The summed E-state index contributed by atoms with van der Waals surface area (Å²) >= 11 is 0. The average Bonchev–Trinajstić information content (AvgIpc) is 2.71. The van der Waals surface area contributed by atoms with Gasteiger partial charge in [-0.2, -0.15) is 0 Å². The molecule has 1 N–H and O–H groups in total. The van der Waals surface area contributed by atoms with Crippen LogP contribution in [0.1, 0.15) is 70.8 Å². The minimum atomic E-state index is 0.323. The third-order valence-corrected chi connectivity index (χ3v) is 4.44. The van der Waals surface area contributed by atoms with Crippen LogP contribution < -0.4 is 10.1 Å². The molecular formula is C19H31NO. The SMILES string of the molecule is CCCNC1CCCCCC1Oc1ccc(C(C)C)cc1. The van der Waals surface area contributed by atoms with Gasteiger partial charge in [0.2, 0.25) is 0 Å². The number of nitrogens with one attached hydrogen (secondary N) is 1. The normalized spacial score (nSPS) is 23.0. The minimum absolute atomic E-state index is 0.323. The molecule has 118 valence electrons. The fraction of sp³-hybridized carbons (Fsp3) is 0.684. The van der Waals surface area contributed by atoms with Crippen molar-refractivity contribution >= 4 is 0 Å². The minimum Gasteiger partial charge on any atom is -0.489 e. The van der Waals surface area contributed by atoms with E-state index in [-0.39, 0.29) is 0 Å². The van der Waals surface area contributed by atoms with Gasteiger partial charge < -0.3 is 10.1 Å². The van der Waals surface area contributed by atoms with Crippen molar-refractivity contribution in [2.75, 3.05) is 6.54 Å². The van der Waals surface area contributed by atoms with E-state index in [1.807, 2.05) is 0 Å². The molecule has 1 fully saturated rings. The van der Waals surface area contributed by atoms with Crippen LogP contribution >= 0.6 is 0 Å². The molecule has 2 rings (SSSR count). The van der Waals surface area contributed by atoms with Gasteiger partial charge in [0.1, 0.15) is 11.9 Å². The zero-order chi connectivity index (χ0) is 15.1. The standard InChI is InChI=1S/C19H31NO/c1-4-14-20-18-8-6-5-7-9-19(18)21-17-12-10-16(11-13-17)15(2)3/h10-13,15,18-20H,4-9,14H2,1-3H3. The first-order valence-corrected chi connectivity index (χ1v) is 8.70. The zero-order valence-corrected chi connectivity index (χ0v) is 13.9. The Hall–Kier alpha value is -1.02. The first-order valence-electron chi connectivity index (χ1n) is 8.70. The molecule has 21 heavy (non-hydrogen) atoms. The summed E-state index contributed by atoms with van der Waals surface area (Å²) in [7, 11) is 0. The van der Waals surface area contributed by atoms with Gasteiger partial charge in [-0.3, -0.25) is 0 Å². The van der Waals surface area contributed by atoms with E-state index in [2.05, 4.69) is 50.4 Å². The Bertz CT molecular complexity index is 399. The molecule has 0 aromatic heterocycles. The van der Waals surface area contributed by atoms with Gasteiger partial charge in [-0.1, -0.05) is 45.7 Å². The van der Waals surface area contributed by atoms with Crippen LogP contribution in [0.2, 0.25) is 0 Å². The molecule has 2 nitrogen and oxygen atoms in total. The van der Waals surface area contributed by atoms with Crippen LogP contribution in [-0.4, -0.2) is 18.7 Å². The van der Waals surface area contributed by atoms with Crippen molar-refractivity contribution in [2.45, 2.75) is 77.4 Å². The highest BCUT2D eigenvalue weighted by molar-refractivity contribution is 5.29. The monoisotopic (exact) mass is 289 g/mol. The van der Waals surface area contributed by atoms with Crippen molar-refractivity contribution in [2.24, 2.45) is 0 Å². The lowest BCUT2D eigenvalue weighted by molar-refractivity contribution is 0.144. The molecule has 2 heteroatoms. The second kappa shape index (κ2) is 8.43. The van der Waals surface area contributed by atoms with E-state index >= 15 is 0 Å². The summed E-state index contributed by atoms with van der Waals surface area (Å²) in [5.41, 5.74) is 1.38. The lowest BCUT2D eigenvalue weighted by atomic mass is 10.0. The summed E-state index contributed by atoms with van der Waals surface area (Å²) in [6.45, 7) is 7.78. The van der Waals surface area contributed by atoms with Crippen LogP contribution in [-0.2, 0) is 0 Å². The van der Waals surface area contributed by atoms with Gasteiger partial charge in [-0.25, -0.2) is 0 Å². The van der Waals surface area contributed by atoms with Crippen molar-refractivity contribution < 1.29 is 4.74 Å². The Morgan fingerprint density at radius 2 is 1.81 bits per heavy atom. The summed E-state index contributed by atoms with van der Waals surface area (Å²) < 4.78 is 6.32. The molecule has 0 radical (unpaired) electrons. The van der Waals surface area contributed by atoms with Gasteiger partial charge in [0.05, 0.1) is 0 Å². The number of rotatable bonds is 6. The number of hydrogen-bond acceptors (Lipinski definition) is 2. The molecule has 0 bridgehead atoms. The lowest BCUT2D eigenvalue weighted by Gasteiger charge is -2.27. The topological polar surface area (TPSA) is 21.3 Å². The van der Waals surface area contributed by atoms with E-state index in [0.717, 1.165) is 12.3 Å². The van der Waals surface area contributed by atoms with E-state index in [9.17, 15) is 0 Å². The van der Waals surface area contributed by atoms with Gasteiger partial charge >= 0.3 is 0 Å². The van der Waals surface area contributed by atoms with Crippen LogP contribution in [0.15, 0.2) is 24.3 Å². The fourth-order valence-electron chi connectivity index (χ4n) is 3.08. The number of hydrogen-bond donors (Lipinski definition) is 1. The highest BCUT2D eigenvalue weighted by atomic mass is 16.5. The fourth-order valence-corrected chi connectivity index (χ4v) is 3.08. The molecule has 1 aromatic rings. The van der Waals surface area contributed by atoms with Crippen LogP contribution in [0.5, 0.6) is 5.75 Å². The van der Waals surface area contributed by atoms with Crippen LogP contribution in [0.3, 0.4) is 0 Å². The Balaban J connectivity index is 1.99. The molecule has 0 amide bonds. The molecule has 0 aliphatic heterocycles. The van der Waals surface area contributed by atoms with Gasteiger partial charge in [-0.15, -0.1) is 0 Å². The third kappa shape index (κ3) is 5.03.